The Bertz CT molecular complexity index is 732. The van der Waals surface area contributed by atoms with Crippen molar-refractivity contribution < 1.29 is 9.53 Å². The SMILES string of the molecule is O=C(NCC(c1cccs1)N1CCOCC1)c1ccc(C2CCCCC2)cc1. The van der Waals surface area contributed by atoms with Gasteiger partial charge in [0, 0.05) is 30.1 Å². The predicted molar refractivity (Wildman–Crippen MR) is 114 cm³/mol. The van der Waals surface area contributed by atoms with Crippen molar-refractivity contribution in [1.29, 1.82) is 0 Å². The third-order valence-electron chi connectivity index (χ3n) is 6.06. The molecule has 1 amide bonds. The standard InChI is InChI=1S/C23H30N2O2S/c26-23(20-10-8-19(9-11-20)18-5-2-1-3-6-18)24-17-21(22-7-4-16-28-22)25-12-14-27-15-13-25/h4,7-11,16,18,21H,1-3,5-6,12-15,17H2,(H,24,26). The Balaban J connectivity index is 1.37. The van der Waals surface area contributed by atoms with Crippen LogP contribution in [0.3, 0.4) is 0 Å². The van der Waals surface area contributed by atoms with Crippen molar-refractivity contribution >= 4 is 17.2 Å². The molecule has 1 aromatic heterocycles. The molecule has 2 fully saturated rings. The first-order valence-electron chi connectivity index (χ1n) is 10.5. The van der Waals surface area contributed by atoms with E-state index in [4.69, 9.17) is 4.74 Å². The van der Waals surface area contributed by atoms with Gasteiger partial charge in [0.1, 0.15) is 0 Å². The van der Waals surface area contributed by atoms with E-state index >= 15 is 0 Å². The summed E-state index contributed by atoms with van der Waals surface area (Å²) in [6.07, 6.45) is 6.60. The van der Waals surface area contributed by atoms with Gasteiger partial charge in [-0.25, -0.2) is 0 Å². The molecular formula is C23H30N2O2S. The van der Waals surface area contributed by atoms with Crippen molar-refractivity contribution in [2.24, 2.45) is 0 Å². The van der Waals surface area contributed by atoms with E-state index < -0.39 is 0 Å². The quantitative estimate of drug-likeness (QED) is 0.773. The van der Waals surface area contributed by atoms with Gasteiger partial charge in [-0.2, -0.15) is 0 Å². The van der Waals surface area contributed by atoms with E-state index in [1.165, 1.54) is 42.5 Å². The summed E-state index contributed by atoms with van der Waals surface area (Å²) >= 11 is 1.76. The lowest BCUT2D eigenvalue weighted by molar-refractivity contribution is 0.0169. The highest BCUT2D eigenvalue weighted by atomic mass is 32.1. The first-order chi connectivity index (χ1) is 13.8. The van der Waals surface area contributed by atoms with E-state index in [2.05, 4.69) is 39.9 Å². The van der Waals surface area contributed by atoms with Gasteiger partial charge in [-0.15, -0.1) is 11.3 Å². The van der Waals surface area contributed by atoms with Crippen LogP contribution in [0.4, 0.5) is 0 Å². The molecule has 0 radical (unpaired) electrons. The van der Waals surface area contributed by atoms with Crippen LogP contribution in [-0.4, -0.2) is 43.7 Å². The molecule has 1 N–H and O–H groups in total. The van der Waals surface area contributed by atoms with E-state index in [-0.39, 0.29) is 11.9 Å². The molecule has 1 unspecified atom stereocenters. The Kier molecular flexibility index (Phi) is 6.78. The number of carbonyl (C=O) groups excluding carboxylic acids is 1. The normalized spacial score (nSPS) is 20.0. The summed E-state index contributed by atoms with van der Waals surface area (Å²) in [5.41, 5.74) is 2.15. The molecule has 28 heavy (non-hydrogen) atoms. The zero-order chi connectivity index (χ0) is 19.2. The number of rotatable bonds is 6. The summed E-state index contributed by atoms with van der Waals surface area (Å²) in [5.74, 6) is 0.695. The fourth-order valence-corrected chi connectivity index (χ4v) is 5.27. The fraction of sp³-hybridized carbons (Fsp3) is 0.522. The van der Waals surface area contributed by atoms with E-state index in [9.17, 15) is 4.79 Å². The van der Waals surface area contributed by atoms with Crippen LogP contribution in [-0.2, 0) is 4.74 Å². The first-order valence-corrected chi connectivity index (χ1v) is 11.4. The maximum Gasteiger partial charge on any atom is 0.251 e. The van der Waals surface area contributed by atoms with Crippen molar-refractivity contribution in [2.75, 3.05) is 32.8 Å². The van der Waals surface area contributed by atoms with Crippen LogP contribution >= 0.6 is 11.3 Å². The Morgan fingerprint density at radius 1 is 1.11 bits per heavy atom. The number of nitrogens with zero attached hydrogens (tertiary/aromatic N) is 1. The van der Waals surface area contributed by atoms with Gasteiger partial charge in [0.25, 0.3) is 5.91 Å². The number of ether oxygens (including phenoxy) is 1. The van der Waals surface area contributed by atoms with Crippen molar-refractivity contribution in [3.63, 3.8) is 0 Å². The van der Waals surface area contributed by atoms with Gasteiger partial charge < -0.3 is 10.1 Å². The van der Waals surface area contributed by atoms with Crippen LogP contribution in [0.2, 0.25) is 0 Å². The molecule has 1 aromatic carbocycles. The van der Waals surface area contributed by atoms with Crippen LogP contribution in [0.1, 0.15) is 64.9 Å². The van der Waals surface area contributed by atoms with Gasteiger partial charge in [-0.05, 0) is 47.9 Å². The lowest BCUT2D eigenvalue weighted by atomic mass is 9.84. The number of morpholine rings is 1. The van der Waals surface area contributed by atoms with Crippen molar-refractivity contribution in [3.8, 4) is 0 Å². The maximum absolute atomic E-state index is 12.7. The molecule has 5 heteroatoms. The summed E-state index contributed by atoms with van der Waals surface area (Å²) in [6.45, 7) is 3.98. The predicted octanol–water partition coefficient (Wildman–Crippen LogP) is 4.60. The average molecular weight is 399 g/mol. The summed E-state index contributed by atoms with van der Waals surface area (Å²) in [4.78, 5) is 16.5. The van der Waals surface area contributed by atoms with E-state index in [0.29, 0.717) is 12.5 Å². The Hall–Kier alpha value is -1.69. The highest BCUT2D eigenvalue weighted by Gasteiger charge is 2.24. The number of carbonyl (C=O) groups is 1. The maximum atomic E-state index is 12.7. The van der Waals surface area contributed by atoms with Crippen molar-refractivity contribution in [3.05, 3.63) is 57.8 Å². The zero-order valence-electron chi connectivity index (χ0n) is 16.4. The lowest BCUT2D eigenvalue weighted by Gasteiger charge is -2.34. The Labute approximate surface area is 171 Å². The third kappa shape index (κ3) is 4.83. The molecular weight excluding hydrogens is 368 g/mol. The van der Waals surface area contributed by atoms with Crippen LogP contribution < -0.4 is 5.32 Å². The third-order valence-corrected chi connectivity index (χ3v) is 7.04. The molecule has 4 nitrogen and oxygen atoms in total. The average Bonchev–Trinajstić information content (AvgIpc) is 3.30. The van der Waals surface area contributed by atoms with Gasteiger partial charge >= 0.3 is 0 Å². The monoisotopic (exact) mass is 398 g/mol. The molecule has 4 rings (SSSR count). The van der Waals surface area contributed by atoms with E-state index in [0.717, 1.165) is 31.9 Å². The molecule has 1 aliphatic carbocycles. The molecule has 1 aliphatic heterocycles. The highest BCUT2D eigenvalue weighted by molar-refractivity contribution is 7.10. The summed E-state index contributed by atoms with van der Waals surface area (Å²) in [7, 11) is 0. The van der Waals surface area contributed by atoms with Gasteiger partial charge in [0.15, 0.2) is 0 Å². The largest absolute Gasteiger partial charge is 0.379 e. The molecule has 2 aliphatic rings. The van der Waals surface area contributed by atoms with Crippen molar-refractivity contribution in [2.45, 2.75) is 44.1 Å². The lowest BCUT2D eigenvalue weighted by Crippen LogP contribution is -2.43. The van der Waals surface area contributed by atoms with Crippen LogP contribution in [0.15, 0.2) is 41.8 Å². The number of hydrogen-bond donors (Lipinski definition) is 1. The Morgan fingerprint density at radius 2 is 1.86 bits per heavy atom. The van der Waals surface area contributed by atoms with E-state index in [1.807, 2.05) is 12.1 Å². The topological polar surface area (TPSA) is 41.6 Å². The number of nitrogens with one attached hydrogen (secondary N) is 1. The molecule has 150 valence electrons. The minimum atomic E-state index is 0.0185. The number of amides is 1. The second-order valence-corrected chi connectivity index (χ2v) is 8.83. The molecule has 0 bridgehead atoms. The second kappa shape index (κ2) is 9.68. The summed E-state index contributed by atoms with van der Waals surface area (Å²) < 4.78 is 5.50. The smallest absolute Gasteiger partial charge is 0.251 e. The van der Waals surface area contributed by atoms with Gasteiger partial charge in [0.2, 0.25) is 0 Å². The molecule has 2 heterocycles. The minimum Gasteiger partial charge on any atom is -0.379 e. The first kappa shape index (κ1) is 19.6. The minimum absolute atomic E-state index is 0.0185. The molecule has 1 atom stereocenters. The summed E-state index contributed by atoms with van der Waals surface area (Å²) in [5, 5.41) is 5.27. The fourth-order valence-electron chi connectivity index (χ4n) is 4.41. The number of hydrogen-bond acceptors (Lipinski definition) is 4. The molecule has 1 saturated carbocycles. The second-order valence-electron chi connectivity index (χ2n) is 7.85. The van der Waals surface area contributed by atoms with Crippen LogP contribution in [0.5, 0.6) is 0 Å². The molecule has 1 saturated heterocycles. The molecule has 0 spiro atoms. The molecule has 2 aromatic rings. The van der Waals surface area contributed by atoms with Gasteiger partial charge in [-0.3, -0.25) is 9.69 Å². The van der Waals surface area contributed by atoms with Gasteiger partial charge in [0.05, 0.1) is 19.3 Å². The van der Waals surface area contributed by atoms with E-state index in [1.54, 1.807) is 11.3 Å². The number of benzene rings is 1. The van der Waals surface area contributed by atoms with Gasteiger partial charge in [-0.1, -0.05) is 37.5 Å². The van der Waals surface area contributed by atoms with Crippen molar-refractivity contribution in [1.82, 2.24) is 10.2 Å². The zero-order valence-corrected chi connectivity index (χ0v) is 17.3. The highest BCUT2D eigenvalue weighted by Crippen LogP contribution is 2.32. The van der Waals surface area contributed by atoms with Crippen LogP contribution in [0, 0.1) is 0 Å². The number of thiophene rings is 1. The van der Waals surface area contributed by atoms with Crippen LogP contribution in [0.25, 0.3) is 0 Å². The summed E-state index contributed by atoms with van der Waals surface area (Å²) in [6, 6.07) is 12.8. The Morgan fingerprint density at radius 3 is 2.54 bits per heavy atom.